The zero-order valence-electron chi connectivity index (χ0n) is 13.5. The van der Waals surface area contributed by atoms with E-state index in [0.29, 0.717) is 24.6 Å². The van der Waals surface area contributed by atoms with Crippen LogP contribution in [0.2, 0.25) is 0 Å². The molecule has 1 aromatic rings. The van der Waals surface area contributed by atoms with E-state index in [1.165, 1.54) is 13.3 Å². The second-order valence-corrected chi connectivity index (χ2v) is 6.44. The van der Waals surface area contributed by atoms with Gasteiger partial charge in [-0.25, -0.2) is 14.6 Å². The Morgan fingerprint density at radius 3 is 2.77 bits per heavy atom. The molecule has 1 unspecified atom stereocenters. The van der Waals surface area contributed by atoms with Crippen LogP contribution in [0.4, 0.5) is 4.79 Å². The third-order valence-electron chi connectivity index (χ3n) is 3.46. The summed E-state index contributed by atoms with van der Waals surface area (Å²) < 4.78 is 10.1. The lowest BCUT2D eigenvalue weighted by Crippen LogP contribution is -2.42. The van der Waals surface area contributed by atoms with Gasteiger partial charge in [-0.3, -0.25) is 0 Å². The number of amides is 1. The van der Waals surface area contributed by atoms with Crippen molar-refractivity contribution in [2.75, 3.05) is 20.2 Å². The number of likely N-dealkylation sites (tertiary alicyclic amines) is 1. The van der Waals surface area contributed by atoms with E-state index in [1.807, 2.05) is 20.8 Å². The summed E-state index contributed by atoms with van der Waals surface area (Å²) >= 11 is 0. The fourth-order valence-corrected chi connectivity index (χ4v) is 2.45. The van der Waals surface area contributed by atoms with Crippen LogP contribution in [-0.4, -0.2) is 52.7 Å². The van der Waals surface area contributed by atoms with Crippen molar-refractivity contribution in [2.45, 2.75) is 45.1 Å². The lowest BCUT2D eigenvalue weighted by atomic mass is 9.98. The number of carbonyl (C=O) groups excluding carboxylic acids is 2. The fourth-order valence-electron chi connectivity index (χ4n) is 2.45. The summed E-state index contributed by atoms with van der Waals surface area (Å²) in [7, 11) is 1.33. The van der Waals surface area contributed by atoms with E-state index < -0.39 is 11.6 Å². The topological polar surface area (TPSA) is 84.5 Å². The Hall–Kier alpha value is -2.05. The second kappa shape index (κ2) is 6.37. The summed E-state index contributed by atoms with van der Waals surface area (Å²) in [6, 6.07) is 0. The average Bonchev–Trinajstić information content (AvgIpc) is 2.94. The largest absolute Gasteiger partial charge is 0.464 e. The van der Waals surface area contributed by atoms with E-state index in [2.05, 4.69) is 14.7 Å². The number of piperidine rings is 1. The van der Waals surface area contributed by atoms with Crippen LogP contribution in [0.5, 0.6) is 0 Å². The molecule has 22 heavy (non-hydrogen) atoms. The molecule has 0 saturated carbocycles. The van der Waals surface area contributed by atoms with Crippen molar-refractivity contribution in [3.63, 3.8) is 0 Å². The minimum absolute atomic E-state index is 0.0691. The maximum atomic E-state index is 12.1. The van der Waals surface area contributed by atoms with Crippen LogP contribution < -0.4 is 0 Å². The highest BCUT2D eigenvalue weighted by atomic mass is 16.6. The van der Waals surface area contributed by atoms with Gasteiger partial charge < -0.3 is 19.4 Å². The first-order chi connectivity index (χ1) is 10.3. The van der Waals surface area contributed by atoms with Crippen molar-refractivity contribution >= 4 is 12.1 Å². The number of imidazole rings is 1. The molecule has 1 saturated heterocycles. The predicted octanol–water partition coefficient (Wildman–Crippen LogP) is 2.31. The Bertz CT molecular complexity index is 547. The number of ether oxygens (including phenoxy) is 2. The van der Waals surface area contributed by atoms with Gasteiger partial charge in [-0.1, -0.05) is 0 Å². The summed E-state index contributed by atoms with van der Waals surface area (Å²) in [5, 5.41) is 0. The molecule has 1 amide bonds. The Kier molecular flexibility index (Phi) is 4.73. The van der Waals surface area contributed by atoms with E-state index in [0.717, 1.165) is 12.8 Å². The maximum absolute atomic E-state index is 12.1. The number of H-pyrrole nitrogens is 1. The number of methoxy groups -OCH3 is 1. The number of aromatic amines is 1. The molecular weight excluding hydrogens is 286 g/mol. The smallest absolute Gasteiger partial charge is 0.410 e. The Morgan fingerprint density at radius 2 is 2.14 bits per heavy atom. The number of aromatic nitrogens is 2. The second-order valence-electron chi connectivity index (χ2n) is 6.44. The molecule has 2 heterocycles. The molecule has 1 aromatic heterocycles. The molecule has 0 bridgehead atoms. The first-order valence-electron chi connectivity index (χ1n) is 7.41. The Labute approximate surface area is 130 Å². The van der Waals surface area contributed by atoms with Gasteiger partial charge in [-0.15, -0.1) is 0 Å². The molecule has 1 aliphatic heterocycles. The van der Waals surface area contributed by atoms with Crippen molar-refractivity contribution in [2.24, 2.45) is 0 Å². The Morgan fingerprint density at radius 1 is 1.41 bits per heavy atom. The summed E-state index contributed by atoms with van der Waals surface area (Å²) in [4.78, 5) is 32.5. The van der Waals surface area contributed by atoms with Crippen LogP contribution >= 0.6 is 0 Å². The van der Waals surface area contributed by atoms with Crippen LogP contribution in [0.15, 0.2) is 6.20 Å². The molecule has 1 atom stereocenters. The molecule has 1 aliphatic rings. The first kappa shape index (κ1) is 16.3. The molecule has 0 aliphatic carbocycles. The van der Waals surface area contributed by atoms with Crippen molar-refractivity contribution < 1.29 is 19.1 Å². The molecule has 0 spiro atoms. The predicted molar refractivity (Wildman–Crippen MR) is 79.7 cm³/mol. The van der Waals surface area contributed by atoms with Crippen LogP contribution in [0, 0.1) is 0 Å². The van der Waals surface area contributed by atoms with Crippen LogP contribution in [0.1, 0.15) is 55.8 Å². The number of hydrogen-bond acceptors (Lipinski definition) is 5. The lowest BCUT2D eigenvalue weighted by Gasteiger charge is -2.33. The molecule has 7 heteroatoms. The number of esters is 1. The van der Waals surface area contributed by atoms with Crippen LogP contribution in [0.3, 0.4) is 0 Å². The van der Waals surface area contributed by atoms with Gasteiger partial charge >= 0.3 is 12.1 Å². The highest BCUT2D eigenvalue weighted by molar-refractivity contribution is 5.86. The van der Waals surface area contributed by atoms with E-state index in [4.69, 9.17) is 4.74 Å². The van der Waals surface area contributed by atoms with Crippen LogP contribution in [0.25, 0.3) is 0 Å². The highest BCUT2D eigenvalue weighted by Gasteiger charge is 2.29. The quantitative estimate of drug-likeness (QED) is 0.847. The van der Waals surface area contributed by atoms with E-state index >= 15 is 0 Å². The SMILES string of the molecule is COC(=O)c1cnc(C2CCCN(C(=O)OC(C)(C)C)C2)[nH]1. The number of rotatable bonds is 2. The lowest BCUT2D eigenvalue weighted by molar-refractivity contribution is 0.0195. The number of nitrogens with zero attached hydrogens (tertiary/aromatic N) is 2. The van der Waals surface area contributed by atoms with E-state index in [1.54, 1.807) is 4.90 Å². The highest BCUT2D eigenvalue weighted by Crippen LogP contribution is 2.26. The van der Waals surface area contributed by atoms with Crippen molar-refractivity contribution in [3.05, 3.63) is 17.7 Å². The first-order valence-corrected chi connectivity index (χ1v) is 7.41. The van der Waals surface area contributed by atoms with Gasteiger partial charge in [0.25, 0.3) is 0 Å². The van der Waals surface area contributed by atoms with Crippen molar-refractivity contribution in [3.8, 4) is 0 Å². The summed E-state index contributed by atoms with van der Waals surface area (Å²) in [5.41, 5.74) is -0.181. The minimum atomic E-state index is -0.507. The monoisotopic (exact) mass is 309 g/mol. The van der Waals surface area contributed by atoms with Gasteiger partial charge in [0, 0.05) is 19.0 Å². The Balaban J connectivity index is 2.03. The number of nitrogens with one attached hydrogen (secondary N) is 1. The molecule has 2 rings (SSSR count). The molecule has 0 aromatic carbocycles. The van der Waals surface area contributed by atoms with Gasteiger partial charge in [-0.05, 0) is 33.6 Å². The molecule has 0 radical (unpaired) electrons. The van der Waals surface area contributed by atoms with Gasteiger partial charge in [0.1, 0.15) is 17.1 Å². The maximum Gasteiger partial charge on any atom is 0.410 e. The van der Waals surface area contributed by atoms with Crippen LogP contribution in [-0.2, 0) is 9.47 Å². The third kappa shape index (κ3) is 3.99. The summed E-state index contributed by atoms with van der Waals surface area (Å²) in [5.74, 6) is 0.326. The number of hydrogen-bond donors (Lipinski definition) is 1. The summed E-state index contributed by atoms with van der Waals surface area (Å²) in [6.07, 6.45) is 2.94. The van der Waals surface area contributed by atoms with E-state index in [9.17, 15) is 9.59 Å². The van der Waals surface area contributed by atoms with Gasteiger partial charge in [0.15, 0.2) is 0 Å². The zero-order valence-corrected chi connectivity index (χ0v) is 13.5. The van der Waals surface area contributed by atoms with Gasteiger partial charge in [0.2, 0.25) is 0 Å². The molecule has 122 valence electrons. The van der Waals surface area contributed by atoms with Crippen molar-refractivity contribution in [1.29, 1.82) is 0 Å². The zero-order chi connectivity index (χ0) is 16.3. The molecule has 7 nitrogen and oxygen atoms in total. The molecular formula is C15H23N3O4. The van der Waals surface area contributed by atoms with Gasteiger partial charge in [-0.2, -0.15) is 0 Å². The minimum Gasteiger partial charge on any atom is -0.464 e. The third-order valence-corrected chi connectivity index (χ3v) is 3.46. The summed E-state index contributed by atoms with van der Waals surface area (Å²) in [6.45, 7) is 6.75. The molecule has 1 fully saturated rings. The molecule has 1 N–H and O–H groups in total. The van der Waals surface area contributed by atoms with Crippen molar-refractivity contribution in [1.82, 2.24) is 14.9 Å². The standard InChI is InChI=1S/C15H23N3O4/c1-15(2,3)22-14(20)18-7-5-6-10(9-18)12-16-8-11(17-12)13(19)21-4/h8,10H,5-7,9H2,1-4H3,(H,16,17). The van der Waals surface area contributed by atoms with Gasteiger partial charge in [0.05, 0.1) is 13.3 Å². The normalized spacial score (nSPS) is 18.9. The fraction of sp³-hybridized carbons (Fsp3) is 0.667. The van der Waals surface area contributed by atoms with E-state index in [-0.39, 0.29) is 12.0 Å². The number of carbonyl (C=O) groups is 2. The average molecular weight is 309 g/mol.